The number of fused-ring (bicyclic) bond motifs is 1. The minimum absolute atomic E-state index is 0.0647. The SMILES string of the molecule is Cc1cc(-c2c(Cl)ccc(O)c2Cl)cc2nnc(Nc3ccc(S(=O)(=O)N(C)CCN4CCCC4)cc3)nc12. The van der Waals surface area contributed by atoms with E-state index < -0.39 is 10.0 Å². The van der Waals surface area contributed by atoms with Crippen molar-refractivity contribution >= 4 is 55.9 Å². The van der Waals surface area contributed by atoms with E-state index in [1.165, 1.54) is 23.2 Å². The van der Waals surface area contributed by atoms with Crippen LogP contribution in [0, 0.1) is 6.92 Å². The molecule has 1 aliphatic heterocycles. The standard InChI is InChI=1S/C27H28Cl2N6O3S/c1-17-15-18(24-21(28)9-10-23(36)25(24)29)16-22-26(17)31-27(33-32-22)30-19-5-7-20(8-6-19)39(37,38)34(2)13-14-35-11-3-4-12-35/h5-10,15-16,36H,3-4,11-14H2,1-2H3,(H,30,31,33). The number of phenols is 1. The summed E-state index contributed by atoms with van der Waals surface area (Å²) in [6.45, 7) is 5.12. The normalized spacial score (nSPS) is 14.4. The quantitative estimate of drug-likeness (QED) is 0.279. The molecule has 0 saturated carbocycles. The molecule has 0 spiro atoms. The number of hydrogen-bond donors (Lipinski definition) is 2. The second-order valence-electron chi connectivity index (χ2n) is 9.58. The second kappa shape index (κ2) is 11.2. The molecular weight excluding hydrogens is 559 g/mol. The van der Waals surface area contributed by atoms with Gasteiger partial charge in [-0.25, -0.2) is 13.4 Å². The van der Waals surface area contributed by atoms with Crippen LogP contribution in [0.5, 0.6) is 5.75 Å². The lowest BCUT2D eigenvalue weighted by Crippen LogP contribution is -2.35. The summed E-state index contributed by atoms with van der Waals surface area (Å²) in [7, 11) is -1.98. The molecular formula is C27H28Cl2N6O3S. The number of sulfonamides is 1. The summed E-state index contributed by atoms with van der Waals surface area (Å²) >= 11 is 12.7. The zero-order chi connectivity index (χ0) is 27.7. The van der Waals surface area contributed by atoms with E-state index >= 15 is 0 Å². The lowest BCUT2D eigenvalue weighted by Gasteiger charge is -2.21. The monoisotopic (exact) mass is 586 g/mol. The van der Waals surface area contributed by atoms with Crippen LogP contribution in [0.4, 0.5) is 11.6 Å². The van der Waals surface area contributed by atoms with E-state index in [2.05, 4.69) is 25.4 Å². The first kappa shape index (κ1) is 27.5. The van der Waals surface area contributed by atoms with E-state index in [1.54, 1.807) is 43.4 Å². The number of hydrogen-bond acceptors (Lipinski definition) is 8. The van der Waals surface area contributed by atoms with Crippen molar-refractivity contribution in [2.45, 2.75) is 24.7 Å². The number of anilines is 2. The maximum absolute atomic E-state index is 13.0. The van der Waals surface area contributed by atoms with Crippen LogP contribution in [-0.4, -0.2) is 71.1 Å². The van der Waals surface area contributed by atoms with Crippen LogP contribution < -0.4 is 5.32 Å². The molecule has 1 saturated heterocycles. The van der Waals surface area contributed by atoms with Crippen LogP contribution in [0.25, 0.3) is 22.2 Å². The Morgan fingerprint density at radius 3 is 2.49 bits per heavy atom. The number of aromatic hydroxyl groups is 1. The summed E-state index contributed by atoms with van der Waals surface area (Å²) < 4.78 is 27.4. The molecule has 2 N–H and O–H groups in total. The van der Waals surface area contributed by atoms with Gasteiger partial charge in [0.25, 0.3) is 0 Å². The Morgan fingerprint density at radius 2 is 1.77 bits per heavy atom. The van der Waals surface area contributed by atoms with Gasteiger partial charge < -0.3 is 15.3 Å². The predicted molar refractivity (Wildman–Crippen MR) is 154 cm³/mol. The number of aryl methyl sites for hydroxylation is 1. The van der Waals surface area contributed by atoms with E-state index in [0.717, 1.165) is 25.2 Å². The molecule has 0 radical (unpaired) electrons. The molecule has 2 heterocycles. The third kappa shape index (κ3) is 5.80. The average molecular weight is 588 g/mol. The smallest absolute Gasteiger partial charge is 0.247 e. The summed E-state index contributed by atoms with van der Waals surface area (Å²) in [5.74, 6) is 0.204. The predicted octanol–water partition coefficient (Wildman–Crippen LogP) is 5.47. The number of rotatable bonds is 8. The zero-order valence-corrected chi connectivity index (χ0v) is 23.9. The lowest BCUT2D eigenvalue weighted by molar-refractivity contribution is 0.310. The maximum atomic E-state index is 13.0. The highest BCUT2D eigenvalue weighted by Gasteiger charge is 2.22. The molecule has 1 aliphatic rings. The van der Waals surface area contributed by atoms with Crippen LogP contribution in [0.2, 0.25) is 10.0 Å². The van der Waals surface area contributed by atoms with E-state index in [-0.39, 0.29) is 21.6 Å². The first-order chi connectivity index (χ1) is 18.6. The number of nitrogens with one attached hydrogen (secondary N) is 1. The second-order valence-corrected chi connectivity index (χ2v) is 12.4. The van der Waals surface area contributed by atoms with Crippen LogP contribution in [0.15, 0.2) is 53.4 Å². The number of halogens is 2. The molecule has 0 amide bonds. The van der Waals surface area contributed by atoms with E-state index in [9.17, 15) is 13.5 Å². The molecule has 3 aromatic carbocycles. The first-order valence-corrected chi connectivity index (χ1v) is 14.7. The van der Waals surface area contributed by atoms with Gasteiger partial charge in [0, 0.05) is 31.4 Å². The van der Waals surface area contributed by atoms with Crippen molar-refractivity contribution in [3.63, 3.8) is 0 Å². The van der Waals surface area contributed by atoms with Crippen molar-refractivity contribution in [3.05, 3.63) is 64.1 Å². The molecule has 0 atom stereocenters. The fraction of sp³-hybridized carbons (Fsp3) is 0.296. The first-order valence-electron chi connectivity index (χ1n) is 12.5. The number of benzene rings is 3. The Morgan fingerprint density at radius 1 is 1.05 bits per heavy atom. The van der Waals surface area contributed by atoms with E-state index in [0.29, 0.717) is 39.4 Å². The van der Waals surface area contributed by atoms with E-state index in [1.807, 2.05) is 13.0 Å². The number of likely N-dealkylation sites (tertiary alicyclic amines) is 1. The van der Waals surface area contributed by atoms with Crippen molar-refractivity contribution in [1.29, 1.82) is 0 Å². The molecule has 5 rings (SSSR count). The number of nitrogens with zero attached hydrogens (tertiary/aromatic N) is 5. The van der Waals surface area contributed by atoms with Crippen molar-refractivity contribution in [3.8, 4) is 16.9 Å². The van der Waals surface area contributed by atoms with Gasteiger partial charge in [0.05, 0.1) is 20.5 Å². The summed E-state index contributed by atoms with van der Waals surface area (Å²) in [5.41, 5.74) is 3.79. The molecule has 4 aromatic rings. The fourth-order valence-electron chi connectivity index (χ4n) is 4.64. The third-order valence-corrected chi connectivity index (χ3v) is 9.43. The summed E-state index contributed by atoms with van der Waals surface area (Å²) in [6.07, 6.45) is 2.34. The van der Waals surface area contributed by atoms with Gasteiger partial charge in [0.1, 0.15) is 11.3 Å². The Hall–Kier alpha value is -3.02. The van der Waals surface area contributed by atoms with Crippen LogP contribution in [-0.2, 0) is 10.0 Å². The molecule has 1 aromatic heterocycles. The minimum atomic E-state index is -3.59. The van der Waals surface area contributed by atoms with Gasteiger partial charge in [0.2, 0.25) is 16.0 Å². The van der Waals surface area contributed by atoms with Crippen molar-refractivity contribution in [2.75, 3.05) is 38.5 Å². The van der Waals surface area contributed by atoms with Gasteiger partial charge in [-0.15, -0.1) is 10.2 Å². The molecule has 0 bridgehead atoms. The Balaban J connectivity index is 1.33. The van der Waals surface area contributed by atoms with E-state index in [4.69, 9.17) is 23.2 Å². The zero-order valence-electron chi connectivity index (χ0n) is 21.5. The van der Waals surface area contributed by atoms with Crippen LogP contribution in [0.1, 0.15) is 18.4 Å². The molecule has 12 heteroatoms. The summed E-state index contributed by atoms with van der Waals surface area (Å²) in [5, 5.41) is 22.2. The highest BCUT2D eigenvalue weighted by atomic mass is 35.5. The van der Waals surface area contributed by atoms with Gasteiger partial charge in [-0.1, -0.05) is 23.2 Å². The third-order valence-electron chi connectivity index (χ3n) is 6.86. The van der Waals surface area contributed by atoms with Gasteiger partial charge in [0.15, 0.2) is 0 Å². The molecule has 0 unspecified atom stereocenters. The molecule has 39 heavy (non-hydrogen) atoms. The highest BCUT2D eigenvalue weighted by molar-refractivity contribution is 7.89. The molecule has 9 nitrogen and oxygen atoms in total. The van der Waals surface area contributed by atoms with Crippen molar-refractivity contribution in [2.24, 2.45) is 0 Å². The molecule has 0 aliphatic carbocycles. The van der Waals surface area contributed by atoms with Crippen molar-refractivity contribution < 1.29 is 13.5 Å². The van der Waals surface area contributed by atoms with Crippen LogP contribution >= 0.6 is 23.2 Å². The Bertz CT molecular complexity index is 1630. The average Bonchev–Trinajstić information content (AvgIpc) is 3.44. The van der Waals surface area contributed by atoms with Gasteiger partial charge in [-0.2, -0.15) is 4.31 Å². The van der Waals surface area contributed by atoms with Gasteiger partial charge in [-0.3, -0.25) is 0 Å². The lowest BCUT2D eigenvalue weighted by atomic mass is 10.0. The topological polar surface area (TPSA) is 112 Å². The highest BCUT2D eigenvalue weighted by Crippen LogP contribution is 2.41. The Kier molecular flexibility index (Phi) is 7.93. The fourth-order valence-corrected chi connectivity index (χ4v) is 6.39. The van der Waals surface area contributed by atoms with Crippen molar-refractivity contribution in [1.82, 2.24) is 24.4 Å². The van der Waals surface area contributed by atoms with Crippen LogP contribution in [0.3, 0.4) is 0 Å². The summed E-state index contributed by atoms with van der Waals surface area (Å²) in [4.78, 5) is 7.11. The molecule has 204 valence electrons. The number of phenolic OH excluding ortho intramolecular Hbond substituents is 1. The minimum Gasteiger partial charge on any atom is -0.506 e. The Labute approximate surface area is 237 Å². The maximum Gasteiger partial charge on any atom is 0.247 e. The number of aromatic nitrogens is 3. The number of likely N-dealkylation sites (N-methyl/N-ethyl adjacent to an activating group) is 1. The van der Waals surface area contributed by atoms with Gasteiger partial charge >= 0.3 is 0 Å². The largest absolute Gasteiger partial charge is 0.506 e. The van der Waals surface area contributed by atoms with Gasteiger partial charge in [-0.05, 0) is 92.5 Å². The summed E-state index contributed by atoms with van der Waals surface area (Å²) in [6, 6.07) is 13.1. The molecule has 1 fully saturated rings.